The van der Waals surface area contributed by atoms with Crippen LogP contribution in [0, 0.1) is 29.9 Å². The van der Waals surface area contributed by atoms with E-state index in [1.807, 2.05) is 0 Å². The van der Waals surface area contributed by atoms with E-state index in [0.29, 0.717) is 5.69 Å². The third-order valence-electron chi connectivity index (χ3n) is 2.59. The summed E-state index contributed by atoms with van der Waals surface area (Å²) in [5.74, 6) is -2.25. The second kappa shape index (κ2) is 5.63. The Kier molecular flexibility index (Phi) is 3.89. The Morgan fingerprint density at radius 2 is 1.86 bits per heavy atom. The van der Waals surface area contributed by atoms with Crippen molar-refractivity contribution in [2.45, 2.75) is 13.8 Å². The van der Waals surface area contributed by atoms with Gasteiger partial charge in [0.2, 0.25) is 11.9 Å². The molecule has 0 bridgehead atoms. The normalized spacial score (nSPS) is 10.0. The number of hydrogen-bond donors (Lipinski definition) is 1. The van der Waals surface area contributed by atoms with Gasteiger partial charge in [-0.05, 0) is 25.1 Å². The molecule has 1 amide bonds. The lowest BCUT2D eigenvalue weighted by molar-refractivity contribution is -0.114. The molecule has 1 aromatic heterocycles. The lowest BCUT2D eigenvalue weighted by Crippen LogP contribution is -2.10. The van der Waals surface area contributed by atoms with Gasteiger partial charge < -0.3 is 0 Å². The third-order valence-corrected chi connectivity index (χ3v) is 2.59. The van der Waals surface area contributed by atoms with Crippen LogP contribution in [0.2, 0.25) is 0 Å². The van der Waals surface area contributed by atoms with Crippen molar-refractivity contribution in [3.8, 4) is 17.3 Å². The molecule has 0 aliphatic carbocycles. The fourth-order valence-corrected chi connectivity index (χ4v) is 1.76. The number of aromatic nitrogens is 2. The third kappa shape index (κ3) is 3.17. The molecule has 2 aromatic rings. The van der Waals surface area contributed by atoms with Gasteiger partial charge >= 0.3 is 0 Å². The van der Waals surface area contributed by atoms with E-state index in [4.69, 9.17) is 5.26 Å². The molecule has 0 aliphatic heterocycles. The van der Waals surface area contributed by atoms with Gasteiger partial charge in [-0.1, -0.05) is 0 Å². The molecule has 0 atom stereocenters. The van der Waals surface area contributed by atoms with E-state index in [9.17, 15) is 13.6 Å². The summed E-state index contributed by atoms with van der Waals surface area (Å²) in [5, 5.41) is 11.1. The van der Waals surface area contributed by atoms with Crippen LogP contribution in [0.25, 0.3) is 11.3 Å². The van der Waals surface area contributed by atoms with E-state index < -0.39 is 17.2 Å². The number of nitriles is 1. The molecule has 1 N–H and O–H groups in total. The highest BCUT2D eigenvalue weighted by Gasteiger charge is 2.13. The molecule has 5 nitrogen and oxygen atoms in total. The van der Waals surface area contributed by atoms with Gasteiger partial charge in [-0.25, -0.2) is 18.7 Å². The highest BCUT2D eigenvalue weighted by atomic mass is 19.1. The molecule has 0 saturated carbocycles. The minimum absolute atomic E-state index is 0.0441. The van der Waals surface area contributed by atoms with Crippen LogP contribution in [0.3, 0.4) is 0 Å². The molecule has 21 heavy (non-hydrogen) atoms. The number of rotatable bonds is 2. The van der Waals surface area contributed by atoms with Crippen LogP contribution < -0.4 is 5.32 Å². The minimum Gasteiger partial charge on any atom is -0.295 e. The van der Waals surface area contributed by atoms with Crippen molar-refractivity contribution in [1.82, 2.24) is 9.97 Å². The summed E-state index contributed by atoms with van der Waals surface area (Å²) >= 11 is 0. The largest absolute Gasteiger partial charge is 0.295 e. The number of anilines is 1. The smallest absolute Gasteiger partial charge is 0.230 e. The topological polar surface area (TPSA) is 78.7 Å². The zero-order chi connectivity index (χ0) is 15.6. The average Bonchev–Trinajstić information content (AvgIpc) is 2.36. The fourth-order valence-electron chi connectivity index (χ4n) is 1.76. The predicted octanol–water partition coefficient (Wildman–Crippen LogP) is 2.56. The van der Waals surface area contributed by atoms with E-state index >= 15 is 0 Å². The van der Waals surface area contributed by atoms with Crippen molar-refractivity contribution in [3.05, 3.63) is 41.1 Å². The molecular weight excluding hydrogens is 278 g/mol. The summed E-state index contributed by atoms with van der Waals surface area (Å²) < 4.78 is 27.3. The molecule has 7 heteroatoms. The van der Waals surface area contributed by atoms with E-state index in [1.54, 1.807) is 6.92 Å². The summed E-state index contributed by atoms with van der Waals surface area (Å²) in [7, 11) is 0. The molecule has 2 rings (SSSR count). The lowest BCUT2D eigenvalue weighted by Gasteiger charge is -2.07. The molecule has 106 valence electrons. The van der Waals surface area contributed by atoms with Crippen LogP contribution in [0.4, 0.5) is 14.7 Å². The molecule has 0 spiro atoms. The van der Waals surface area contributed by atoms with Crippen molar-refractivity contribution >= 4 is 11.9 Å². The fraction of sp³-hybridized carbons (Fsp3) is 0.143. The maximum absolute atomic E-state index is 13.6. The zero-order valence-electron chi connectivity index (χ0n) is 11.2. The number of benzene rings is 1. The Labute approximate surface area is 119 Å². The highest BCUT2D eigenvalue weighted by Crippen LogP contribution is 2.24. The van der Waals surface area contributed by atoms with Crippen LogP contribution in [0.15, 0.2) is 18.2 Å². The maximum Gasteiger partial charge on any atom is 0.230 e. The second-order valence-electron chi connectivity index (χ2n) is 4.33. The van der Waals surface area contributed by atoms with Crippen molar-refractivity contribution in [1.29, 1.82) is 5.26 Å². The number of aryl methyl sites for hydroxylation is 1. The number of nitrogens with one attached hydrogen (secondary N) is 1. The van der Waals surface area contributed by atoms with E-state index in [0.717, 1.165) is 12.1 Å². The van der Waals surface area contributed by atoms with Gasteiger partial charge in [-0.2, -0.15) is 5.26 Å². The van der Waals surface area contributed by atoms with Crippen molar-refractivity contribution in [2.75, 3.05) is 5.32 Å². The number of hydrogen-bond acceptors (Lipinski definition) is 4. The molecule has 0 radical (unpaired) electrons. The average molecular weight is 288 g/mol. The van der Waals surface area contributed by atoms with Crippen LogP contribution in [-0.4, -0.2) is 15.9 Å². The van der Waals surface area contributed by atoms with Gasteiger partial charge in [0, 0.05) is 18.2 Å². The summed E-state index contributed by atoms with van der Waals surface area (Å²) in [5.41, 5.74) is 0.273. The number of nitrogens with zero attached hydrogens (tertiary/aromatic N) is 3. The van der Waals surface area contributed by atoms with E-state index in [2.05, 4.69) is 15.3 Å². The Bertz CT molecular complexity index is 745. The van der Waals surface area contributed by atoms with Gasteiger partial charge in [-0.3, -0.25) is 10.1 Å². The van der Waals surface area contributed by atoms with Crippen LogP contribution in [-0.2, 0) is 4.79 Å². The Morgan fingerprint density at radius 1 is 1.24 bits per heavy atom. The van der Waals surface area contributed by atoms with Gasteiger partial charge in [0.05, 0.1) is 5.69 Å². The molecule has 0 aliphatic rings. The molecule has 1 aromatic carbocycles. The van der Waals surface area contributed by atoms with Gasteiger partial charge in [-0.15, -0.1) is 0 Å². The van der Waals surface area contributed by atoms with Gasteiger partial charge in [0.25, 0.3) is 0 Å². The van der Waals surface area contributed by atoms with Crippen LogP contribution in [0.5, 0.6) is 0 Å². The minimum atomic E-state index is -0.968. The Hall–Kier alpha value is -2.88. The first-order chi connectivity index (χ1) is 9.90. The predicted molar refractivity (Wildman–Crippen MR) is 71.1 cm³/mol. The van der Waals surface area contributed by atoms with Crippen molar-refractivity contribution in [3.63, 3.8) is 0 Å². The molecular formula is C14H10F2N4O. The standard InChI is InChI=1S/C14H10F2N4O/c1-7-3-13(20-14(18-7)19-8(2)21)9-4-11(15)10(6-17)12(16)5-9/h3-5H,1-2H3,(H,18,19,20,21). The lowest BCUT2D eigenvalue weighted by atomic mass is 10.1. The number of amides is 1. The number of halogens is 2. The van der Waals surface area contributed by atoms with Crippen LogP contribution in [0.1, 0.15) is 18.2 Å². The van der Waals surface area contributed by atoms with Crippen LogP contribution >= 0.6 is 0 Å². The SMILES string of the molecule is CC(=O)Nc1nc(C)cc(-c2cc(F)c(C#N)c(F)c2)n1. The quantitative estimate of drug-likeness (QED) is 0.921. The number of carbonyl (C=O) groups is 1. The van der Waals surface area contributed by atoms with Gasteiger partial charge in [0.1, 0.15) is 23.3 Å². The van der Waals surface area contributed by atoms with E-state index in [-0.39, 0.29) is 23.1 Å². The first-order valence-electron chi connectivity index (χ1n) is 5.93. The molecule has 0 fully saturated rings. The first kappa shape index (κ1) is 14.5. The monoisotopic (exact) mass is 288 g/mol. The maximum atomic E-state index is 13.6. The van der Waals surface area contributed by atoms with E-state index in [1.165, 1.54) is 19.1 Å². The summed E-state index contributed by atoms with van der Waals surface area (Å²) in [6.45, 7) is 2.96. The van der Waals surface area contributed by atoms with Crippen molar-refractivity contribution in [2.24, 2.45) is 0 Å². The molecule has 1 heterocycles. The number of carbonyl (C=O) groups excluding carboxylic acids is 1. The second-order valence-corrected chi connectivity index (χ2v) is 4.33. The highest BCUT2D eigenvalue weighted by molar-refractivity contribution is 5.86. The Balaban J connectivity index is 2.54. The summed E-state index contributed by atoms with van der Waals surface area (Å²) in [6.07, 6.45) is 0. The zero-order valence-corrected chi connectivity index (χ0v) is 11.2. The first-order valence-corrected chi connectivity index (χ1v) is 5.93. The van der Waals surface area contributed by atoms with Gasteiger partial charge in [0.15, 0.2) is 0 Å². The summed E-state index contributed by atoms with van der Waals surface area (Å²) in [4.78, 5) is 19.0. The Morgan fingerprint density at radius 3 is 2.38 bits per heavy atom. The van der Waals surface area contributed by atoms with Crippen molar-refractivity contribution < 1.29 is 13.6 Å². The molecule has 0 saturated heterocycles. The summed E-state index contributed by atoms with van der Waals surface area (Å²) in [6, 6.07) is 5.00. The molecule has 0 unspecified atom stereocenters.